The van der Waals surface area contributed by atoms with Crippen molar-refractivity contribution in [2.75, 3.05) is 7.05 Å². The van der Waals surface area contributed by atoms with Crippen LogP contribution in [0.2, 0.25) is 0 Å². The molecule has 104 valence electrons. The van der Waals surface area contributed by atoms with Crippen LogP contribution in [0.15, 0.2) is 0 Å². The number of carboxylic acid groups (broad SMARTS) is 1. The predicted octanol–water partition coefficient (Wildman–Crippen LogP) is 2.52. The maximum atomic E-state index is 12.5. The predicted molar refractivity (Wildman–Crippen MR) is 70.2 cm³/mol. The van der Waals surface area contributed by atoms with E-state index in [1.165, 1.54) is 4.90 Å². The normalized spacial score (nSPS) is 24.3. The van der Waals surface area contributed by atoms with E-state index in [-0.39, 0.29) is 17.2 Å². The first-order chi connectivity index (χ1) is 8.31. The molecule has 0 aliphatic heterocycles. The molecule has 1 saturated carbocycles. The molecule has 1 aliphatic carbocycles. The summed E-state index contributed by atoms with van der Waals surface area (Å²) in [6.07, 6.45) is 4.60. The number of carboxylic acids is 1. The van der Waals surface area contributed by atoms with E-state index < -0.39 is 12.0 Å². The molecule has 2 atom stereocenters. The molecule has 0 aromatic carbocycles. The summed E-state index contributed by atoms with van der Waals surface area (Å²) < 4.78 is 0. The van der Waals surface area contributed by atoms with Crippen molar-refractivity contribution < 1.29 is 14.7 Å². The zero-order valence-electron chi connectivity index (χ0n) is 11.9. The number of rotatable bonds is 4. The highest BCUT2D eigenvalue weighted by molar-refractivity contribution is 5.85. The van der Waals surface area contributed by atoms with Crippen LogP contribution in [0.25, 0.3) is 0 Å². The van der Waals surface area contributed by atoms with Crippen molar-refractivity contribution in [3.8, 4) is 0 Å². The lowest BCUT2D eigenvalue weighted by Crippen LogP contribution is -2.48. The Bertz CT molecular complexity index is 325. The molecule has 1 aliphatic rings. The molecule has 1 amide bonds. The summed E-state index contributed by atoms with van der Waals surface area (Å²) in [6.45, 7) is 6.03. The average molecular weight is 255 g/mol. The Morgan fingerprint density at radius 2 is 2.00 bits per heavy atom. The number of likely N-dealkylation sites (N-methyl/N-ethyl adjacent to an activating group) is 1. The van der Waals surface area contributed by atoms with Gasteiger partial charge in [-0.1, -0.05) is 33.6 Å². The van der Waals surface area contributed by atoms with Gasteiger partial charge in [0.15, 0.2) is 0 Å². The molecule has 4 heteroatoms. The first kappa shape index (κ1) is 15.0. The smallest absolute Gasteiger partial charge is 0.326 e. The van der Waals surface area contributed by atoms with Crippen LogP contribution in [0.3, 0.4) is 0 Å². The lowest BCUT2D eigenvalue weighted by atomic mass is 9.68. The van der Waals surface area contributed by atoms with Crippen molar-refractivity contribution in [1.29, 1.82) is 0 Å². The fraction of sp³-hybridized carbons (Fsp3) is 0.857. The van der Waals surface area contributed by atoms with Crippen LogP contribution in [0.4, 0.5) is 0 Å². The van der Waals surface area contributed by atoms with Crippen LogP contribution in [-0.2, 0) is 9.59 Å². The maximum absolute atomic E-state index is 12.5. The van der Waals surface area contributed by atoms with E-state index in [2.05, 4.69) is 13.8 Å². The molecule has 1 fully saturated rings. The number of aliphatic carboxylic acids is 1. The third-order valence-corrected chi connectivity index (χ3v) is 4.29. The first-order valence-corrected chi connectivity index (χ1v) is 6.80. The van der Waals surface area contributed by atoms with E-state index >= 15 is 0 Å². The molecule has 0 aromatic rings. The molecule has 1 rings (SSSR count). The first-order valence-electron chi connectivity index (χ1n) is 6.80. The van der Waals surface area contributed by atoms with E-state index in [1.807, 2.05) is 0 Å². The van der Waals surface area contributed by atoms with Crippen molar-refractivity contribution >= 4 is 11.9 Å². The van der Waals surface area contributed by atoms with E-state index in [1.54, 1.807) is 14.0 Å². The largest absolute Gasteiger partial charge is 0.480 e. The molecule has 1 N–H and O–H groups in total. The van der Waals surface area contributed by atoms with Gasteiger partial charge in [-0.05, 0) is 24.7 Å². The average Bonchev–Trinajstić information content (AvgIpc) is 2.27. The topological polar surface area (TPSA) is 57.6 Å². The SMILES string of the molecule is CCC(C(=O)O)N(C)C(=O)C1CCCCC1(C)C. The van der Waals surface area contributed by atoms with Gasteiger partial charge in [0.2, 0.25) is 5.91 Å². The minimum Gasteiger partial charge on any atom is -0.480 e. The van der Waals surface area contributed by atoms with Gasteiger partial charge in [-0.2, -0.15) is 0 Å². The molecule has 18 heavy (non-hydrogen) atoms. The summed E-state index contributed by atoms with van der Waals surface area (Å²) in [6, 6.07) is -0.699. The fourth-order valence-electron chi connectivity index (χ4n) is 2.97. The molecule has 0 radical (unpaired) electrons. The molecule has 2 unspecified atom stereocenters. The van der Waals surface area contributed by atoms with Gasteiger partial charge < -0.3 is 10.0 Å². The number of carbonyl (C=O) groups excluding carboxylic acids is 1. The van der Waals surface area contributed by atoms with Crippen LogP contribution >= 0.6 is 0 Å². The van der Waals surface area contributed by atoms with Crippen molar-refractivity contribution in [2.45, 2.75) is 58.9 Å². The van der Waals surface area contributed by atoms with E-state index in [4.69, 9.17) is 5.11 Å². The minimum atomic E-state index is -0.915. The third kappa shape index (κ3) is 3.03. The van der Waals surface area contributed by atoms with E-state index in [0.29, 0.717) is 6.42 Å². The maximum Gasteiger partial charge on any atom is 0.326 e. The zero-order chi connectivity index (χ0) is 13.9. The number of hydrogen-bond donors (Lipinski definition) is 1. The highest BCUT2D eigenvalue weighted by atomic mass is 16.4. The van der Waals surface area contributed by atoms with Crippen molar-refractivity contribution in [3.05, 3.63) is 0 Å². The molecule has 0 saturated heterocycles. The molecule has 4 nitrogen and oxygen atoms in total. The summed E-state index contributed by atoms with van der Waals surface area (Å²) >= 11 is 0. The number of amides is 1. The number of carbonyl (C=O) groups is 2. The summed E-state index contributed by atoms with van der Waals surface area (Å²) in [5.74, 6) is -0.958. The second-order valence-corrected chi connectivity index (χ2v) is 6.00. The van der Waals surface area contributed by atoms with Crippen LogP contribution in [-0.4, -0.2) is 35.0 Å². The molecule has 0 aromatic heterocycles. The highest BCUT2D eigenvalue weighted by Crippen LogP contribution is 2.41. The lowest BCUT2D eigenvalue weighted by molar-refractivity contribution is -0.153. The second-order valence-electron chi connectivity index (χ2n) is 6.00. The van der Waals surface area contributed by atoms with Gasteiger partial charge in [0, 0.05) is 13.0 Å². The Kier molecular flexibility index (Phi) is 4.77. The van der Waals surface area contributed by atoms with Gasteiger partial charge in [-0.3, -0.25) is 4.79 Å². The standard InChI is InChI=1S/C14H25NO3/c1-5-11(13(17)18)15(4)12(16)10-8-6-7-9-14(10,2)3/h10-11H,5-9H2,1-4H3,(H,17,18). The quantitative estimate of drug-likeness (QED) is 0.839. The summed E-state index contributed by atoms with van der Waals surface area (Å²) in [5, 5.41) is 9.13. The van der Waals surface area contributed by atoms with Gasteiger partial charge in [0.25, 0.3) is 0 Å². The van der Waals surface area contributed by atoms with Gasteiger partial charge in [-0.15, -0.1) is 0 Å². The van der Waals surface area contributed by atoms with Crippen molar-refractivity contribution in [3.63, 3.8) is 0 Å². The minimum absolute atomic E-state index is 0.00560. The Labute approximate surface area is 109 Å². The van der Waals surface area contributed by atoms with Gasteiger partial charge in [0.05, 0.1) is 0 Å². The zero-order valence-corrected chi connectivity index (χ0v) is 11.9. The number of hydrogen-bond acceptors (Lipinski definition) is 2. The summed E-state index contributed by atoms with van der Waals surface area (Å²) in [4.78, 5) is 25.0. The Morgan fingerprint density at radius 1 is 1.39 bits per heavy atom. The highest BCUT2D eigenvalue weighted by Gasteiger charge is 2.40. The van der Waals surface area contributed by atoms with Crippen molar-refractivity contribution in [2.24, 2.45) is 11.3 Å². The monoisotopic (exact) mass is 255 g/mol. The lowest BCUT2D eigenvalue weighted by Gasteiger charge is -2.40. The fourth-order valence-corrected chi connectivity index (χ4v) is 2.97. The van der Waals surface area contributed by atoms with E-state index in [9.17, 15) is 9.59 Å². The van der Waals surface area contributed by atoms with Crippen LogP contribution < -0.4 is 0 Å². The third-order valence-electron chi connectivity index (χ3n) is 4.29. The van der Waals surface area contributed by atoms with E-state index in [0.717, 1.165) is 25.7 Å². The summed E-state index contributed by atoms with van der Waals surface area (Å²) in [7, 11) is 1.62. The molecule has 0 spiro atoms. The Morgan fingerprint density at radius 3 is 2.44 bits per heavy atom. The second kappa shape index (κ2) is 5.72. The van der Waals surface area contributed by atoms with Gasteiger partial charge in [0.1, 0.15) is 6.04 Å². The summed E-state index contributed by atoms with van der Waals surface area (Å²) in [5.41, 5.74) is -0.0135. The van der Waals surface area contributed by atoms with Gasteiger partial charge >= 0.3 is 5.97 Å². The Balaban J connectivity index is 2.82. The molecular formula is C14H25NO3. The molecule has 0 bridgehead atoms. The number of nitrogens with zero attached hydrogens (tertiary/aromatic N) is 1. The van der Waals surface area contributed by atoms with Gasteiger partial charge in [-0.25, -0.2) is 4.79 Å². The van der Waals surface area contributed by atoms with Crippen molar-refractivity contribution in [1.82, 2.24) is 4.90 Å². The molecular weight excluding hydrogens is 230 g/mol. The van der Waals surface area contributed by atoms with Crippen LogP contribution in [0.1, 0.15) is 52.9 Å². The Hall–Kier alpha value is -1.06. The van der Waals surface area contributed by atoms with Crippen LogP contribution in [0.5, 0.6) is 0 Å². The molecule has 0 heterocycles. The van der Waals surface area contributed by atoms with Crippen LogP contribution in [0, 0.1) is 11.3 Å².